The summed E-state index contributed by atoms with van der Waals surface area (Å²) in [4.78, 5) is 0.286. The maximum Gasteiger partial charge on any atom is 0.240 e. The van der Waals surface area contributed by atoms with Crippen molar-refractivity contribution in [2.75, 3.05) is 6.54 Å². The van der Waals surface area contributed by atoms with E-state index in [0.717, 1.165) is 16.7 Å². The van der Waals surface area contributed by atoms with Crippen LogP contribution in [-0.2, 0) is 10.0 Å². The zero-order valence-electron chi connectivity index (χ0n) is 12.0. The highest BCUT2D eigenvalue weighted by Gasteiger charge is 2.18. The molecule has 3 nitrogen and oxygen atoms in total. The summed E-state index contributed by atoms with van der Waals surface area (Å²) >= 11 is 3.52. The Labute approximate surface area is 134 Å². The summed E-state index contributed by atoms with van der Waals surface area (Å²) in [7, 11) is -3.50. The molecular formula is C16H18BrNO2S. The molecule has 112 valence electrons. The van der Waals surface area contributed by atoms with Gasteiger partial charge in [-0.1, -0.05) is 58.4 Å². The van der Waals surface area contributed by atoms with Crippen LogP contribution in [0, 0.1) is 13.8 Å². The van der Waals surface area contributed by atoms with Crippen LogP contribution in [0.5, 0.6) is 0 Å². The lowest BCUT2D eigenvalue weighted by Crippen LogP contribution is -2.27. The first-order valence-corrected chi connectivity index (χ1v) is 9.06. The number of halogens is 1. The van der Waals surface area contributed by atoms with Crippen LogP contribution in [0.15, 0.2) is 53.4 Å². The van der Waals surface area contributed by atoms with Crippen LogP contribution in [0.2, 0.25) is 0 Å². The van der Waals surface area contributed by atoms with Gasteiger partial charge >= 0.3 is 0 Å². The van der Waals surface area contributed by atoms with Gasteiger partial charge in [0.15, 0.2) is 0 Å². The van der Waals surface area contributed by atoms with E-state index in [0.29, 0.717) is 11.4 Å². The second kappa shape index (κ2) is 6.73. The average molecular weight is 368 g/mol. The van der Waals surface area contributed by atoms with Crippen LogP contribution in [-0.4, -0.2) is 15.0 Å². The van der Waals surface area contributed by atoms with Gasteiger partial charge in [0.2, 0.25) is 10.0 Å². The Balaban J connectivity index is 2.13. The Hall–Kier alpha value is -1.17. The predicted octanol–water partition coefficient (Wildman–Crippen LogP) is 3.72. The molecule has 5 heteroatoms. The summed E-state index contributed by atoms with van der Waals surface area (Å²) in [6, 6.07) is 15.2. The molecule has 2 aromatic rings. The SMILES string of the molecule is Cc1ccc(C)c(S(=O)(=O)NCC(Br)c2ccccc2)c1. The quantitative estimate of drug-likeness (QED) is 0.818. The Morgan fingerprint density at radius 2 is 1.76 bits per heavy atom. The largest absolute Gasteiger partial charge is 0.240 e. The third-order valence-corrected chi connectivity index (χ3v) is 5.66. The van der Waals surface area contributed by atoms with Crippen molar-refractivity contribution in [1.82, 2.24) is 4.72 Å². The number of rotatable bonds is 5. The highest BCUT2D eigenvalue weighted by atomic mass is 79.9. The number of aryl methyl sites for hydroxylation is 2. The summed E-state index contributed by atoms with van der Waals surface area (Å²) < 4.78 is 27.5. The molecule has 2 aromatic carbocycles. The van der Waals surface area contributed by atoms with Gasteiger partial charge in [-0.05, 0) is 36.6 Å². The minimum atomic E-state index is -3.50. The minimum Gasteiger partial charge on any atom is -0.210 e. The molecule has 1 atom stereocenters. The molecule has 0 amide bonds. The van der Waals surface area contributed by atoms with Crippen LogP contribution in [0.4, 0.5) is 0 Å². The van der Waals surface area contributed by atoms with Crippen LogP contribution in [0.25, 0.3) is 0 Å². The van der Waals surface area contributed by atoms with Crippen molar-refractivity contribution < 1.29 is 8.42 Å². The molecule has 0 bridgehead atoms. The second-order valence-corrected chi connectivity index (χ2v) is 7.84. The van der Waals surface area contributed by atoms with Gasteiger partial charge in [-0.15, -0.1) is 0 Å². The lowest BCUT2D eigenvalue weighted by atomic mass is 10.2. The molecule has 0 saturated heterocycles. The van der Waals surface area contributed by atoms with E-state index in [-0.39, 0.29) is 4.83 Å². The van der Waals surface area contributed by atoms with Gasteiger partial charge in [0, 0.05) is 6.54 Å². The first-order chi connectivity index (χ1) is 9.90. The van der Waals surface area contributed by atoms with E-state index in [1.807, 2.05) is 49.4 Å². The van der Waals surface area contributed by atoms with Crippen molar-refractivity contribution in [3.8, 4) is 0 Å². The molecular weight excluding hydrogens is 350 g/mol. The van der Waals surface area contributed by atoms with Gasteiger partial charge in [-0.25, -0.2) is 13.1 Å². The molecule has 1 unspecified atom stereocenters. The number of benzene rings is 2. The van der Waals surface area contributed by atoms with Gasteiger partial charge in [0.25, 0.3) is 0 Å². The van der Waals surface area contributed by atoms with Crippen LogP contribution in [0.3, 0.4) is 0 Å². The van der Waals surface area contributed by atoms with Gasteiger partial charge in [0.1, 0.15) is 0 Å². The fourth-order valence-electron chi connectivity index (χ4n) is 2.04. The summed E-state index contributed by atoms with van der Waals surface area (Å²) in [5.74, 6) is 0. The first kappa shape index (κ1) is 16.2. The van der Waals surface area contributed by atoms with Crippen LogP contribution < -0.4 is 4.72 Å². The first-order valence-electron chi connectivity index (χ1n) is 6.66. The van der Waals surface area contributed by atoms with E-state index < -0.39 is 10.0 Å². The highest BCUT2D eigenvalue weighted by molar-refractivity contribution is 9.09. The van der Waals surface area contributed by atoms with Gasteiger partial charge in [0.05, 0.1) is 9.72 Å². The average Bonchev–Trinajstić information content (AvgIpc) is 2.48. The summed E-state index contributed by atoms with van der Waals surface area (Å²) in [5.41, 5.74) is 2.72. The summed E-state index contributed by atoms with van der Waals surface area (Å²) in [5, 5.41) is 0. The highest BCUT2D eigenvalue weighted by Crippen LogP contribution is 2.23. The van der Waals surface area contributed by atoms with Crippen molar-refractivity contribution in [3.05, 3.63) is 65.2 Å². The lowest BCUT2D eigenvalue weighted by molar-refractivity contribution is 0.580. The number of sulfonamides is 1. The standard InChI is InChI=1S/C16H18BrNO2S/c1-12-8-9-13(2)16(10-12)21(19,20)18-11-15(17)14-6-4-3-5-7-14/h3-10,15,18H,11H2,1-2H3. The maximum absolute atomic E-state index is 12.4. The molecule has 0 heterocycles. The minimum absolute atomic E-state index is 0.0569. The Morgan fingerprint density at radius 1 is 1.10 bits per heavy atom. The molecule has 0 saturated carbocycles. The van der Waals surface area contributed by atoms with Crippen LogP contribution >= 0.6 is 15.9 Å². The lowest BCUT2D eigenvalue weighted by Gasteiger charge is -2.13. The Kier molecular flexibility index (Phi) is 5.19. The Bertz CT molecular complexity index is 714. The molecule has 0 fully saturated rings. The fourth-order valence-corrected chi connectivity index (χ4v) is 4.09. The van der Waals surface area contributed by atoms with Gasteiger partial charge in [-0.2, -0.15) is 0 Å². The zero-order valence-corrected chi connectivity index (χ0v) is 14.4. The molecule has 1 N–H and O–H groups in total. The van der Waals surface area contributed by atoms with E-state index in [1.165, 1.54) is 0 Å². The monoisotopic (exact) mass is 367 g/mol. The van der Waals surface area contributed by atoms with Gasteiger partial charge in [-0.3, -0.25) is 0 Å². The van der Waals surface area contributed by atoms with E-state index in [1.54, 1.807) is 13.0 Å². The topological polar surface area (TPSA) is 46.2 Å². The van der Waals surface area contributed by atoms with E-state index in [4.69, 9.17) is 0 Å². The number of hydrogen-bond donors (Lipinski definition) is 1. The normalized spacial score (nSPS) is 13.1. The van der Waals surface area contributed by atoms with E-state index >= 15 is 0 Å². The molecule has 0 aliphatic carbocycles. The third-order valence-electron chi connectivity index (χ3n) is 3.25. The Morgan fingerprint density at radius 3 is 2.43 bits per heavy atom. The maximum atomic E-state index is 12.4. The van der Waals surface area contributed by atoms with Crippen molar-refractivity contribution in [2.45, 2.75) is 23.6 Å². The number of nitrogens with one attached hydrogen (secondary N) is 1. The molecule has 0 aliphatic rings. The van der Waals surface area contributed by atoms with E-state index in [2.05, 4.69) is 20.7 Å². The third kappa shape index (κ3) is 4.15. The molecule has 0 radical (unpaired) electrons. The van der Waals surface area contributed by atoms with E-state index in [9.17, 15) is 8.42 Å². The molecule has 21 heavy (non-hydrogen) atoms. The summed E-state index contributed by atoms with van der Waals surface area (Å²) in [6.45, 7) is 3.99. The van der Waals surface area contributed by atoms with Crippen molar-refractivity contribution in [2.24, 2.45) is 0 Å². The van der Waals surface area contributed by atoms with Crippen molar-refractivity contribution in [1.29, 1.82) is 0 Å². The molecule has 0 spiro atoms. The molecule has 0 aliphatic heterocycles. The van der Waals surface area contributed by atoms with Gasteiger partial charge < -0.3 is 0 Å². The molecule has 2 rings (SSSR count). The number of hydrogen-bond acceptors (Lipinski definition) is 2. The zero-order chi connectivity index (χ0) is 15.5. The van der Waals surface area contributed by atoms with Crippen molar-refractivity contribution >= 4 is 26.0 Å². The van der Waals surface area contributed by atoms with Crippen molar-refractivity contribution in [3.63, 3.8) is 0 Å². The smallest absolute Gasteiger partial charge is 0.210 e. The second-order valence-electron chi connectivity index (χ2n) is 5.00. The van der Waals surface area contributed by atoms with Crippen LogP contribution in [0.1, 0.15) is 21.5 Å². The number of alkyl halides is 1. The molecule has 0 aromatic heterocycles. The predicted molar refractivity (Wildman–Crippen MR) is 89.2 cm³/mol. The fraction of sp³-hybridized carbons (Fsp3) is 0.250. The summed E-state index contributed by atoms with van der Waals surface area (Å²) in [6.07, 6.45) is 0.